The molecule has 0 bridgehead atoms. The summed E-state index contributed by atoms with van der Waals surface area (Å²) >= 11 is 0. The maximum Gasteiger partial charge on any atom is 0.408 e. The van der Waals surface area contributed by atoms with E-state index >= 15 is 0 Å². The molecule has 2 aromatic carbocycles. The van der Waals surface area contributed by atoms with Gasteiger partial charge in [-0.05, 0) is 55.3 Å². The van der Waals surface area contributed by atoms with Crippen LogP contribution < -0.4 is 4.90 Å². The van der Waals surface area contributed by atoms with Gasteiger partial charge in [-0.2, -0.15) is 13.2 Å². The Bertz CT molecular complexity index is 1100. The molecule has 3 aromatic rings. The molecule has 0 aliphatic carbocycles. The van der Waals surface area contributed by atoms with Crippen molar-refractivity contribution < 1.29 is 27.1 Å². The van der Waals surface area contributed by atoms with E-state index in [1.165, 1.54) is 48.4 Å². The topological polar surface area (TPSA) is 55.3 Å². The van der Waals surface area contributed by atoms with E-state index < -0.39 is 24.0 Å². The van der Waals surface area contributed by atoms with Crippen LogP contribution in [-0.2, 0) is 4.74 Å². The summed E-state index contributed by atoms with van der Waals surface area (Å²) in [6.07, 6.45) is -4.12. The number of hydrogen-bond acceptors (Lipinski definition) is 5. The third-order valence-corrected chi connectivity index (χ3v) is 5.09. The average molecular weight is 419 g/mol. The van der Waals surface area contributed by atoms with Gasteiger partial charge in [0.05, 0.1) is 23.7 Å². The number of carbonyl (C=O) groups is 1. The fraction of sp³-hybridized carbons (Fsp3) is 0.286. The molecule has 1 saturated heterocycles. The smallest absolute Gasteiger partial charge is 0.408 e. The lowest BCUT2D eigenvalue weighted by atomic mass is 10.1. The van der Waals surface area contributed by atoms with Gasteiger partial charge < -0.3 is 9.64 Å². The Labute approximate surface area is 169 Å². The standard InChI is InChI=1S/C21H17F4N3O2/c1-30-20(29)13-6-9-15-16(11-13)27-19(28-10-2-3-17(28)21(23,24)25)18(26-15)12-4-7-14(22)8-5-12/h4-9,11,17H,2-3,10H2,1H3. The number of carbonyl (C=O) groups excluding carboxylic acids is 1. The first-order valence-corrected chi connectivity index (χ1v) is 9.27. The van der Waals surface area contributed by atoms with Crippen molar-refractivity contribution in [2.45, 2.75) is 25.1 Å². The van der Waals surface area contributed by atoms with E-state index in [4.69, 9.17) is 4.74 Å². The summed E-state index contributed by atoms with van der Waals surface area (Å²) in [5, 5.41) is 0. The number of ether oxygens (including phenoxy) is 1. The zero-order valence-corrected chi connectivity index (χ0v) is 15.9. The number of aromatic nitrogens is 2. The quantitative estimate of drug-likeness (QED) is 0.453. The van der Waals surface area contributed by atoms with Gasteiger partial charge in [-0.25, -0.2) is 19.2 Å². The van der Waals surface area contributed by atoms with Crippen molar-refractivity contribution in [3.63, 3.8) is 0 Å². The molecule has 1 atom stereocenters. The lowest BCUT2D eigenvalue weighted by molar-refractivity contribution is -0.146. The minimum absolute atomic E-state index is 0.0473. The summed E-state index contributed by atoms with van der Waals surface area (Å²) in [6.45, 7) is 0.162. The van der Waals surface area contributed by atoms with Crippen LogP contribution >= 0.6 is 0 Å². The lowest BCUT2D eigenvalue weighted by Gasteiger charge is -2.29. The Balaban J connectivity index is 1.92. The van der Waals surface area contributed by atoms with E-state index in [1.54, 1.807) is 6.07 Å². The number of hydrogen-bond donors (Lipinski definition) is 0. The molecule has 4 rings (SSSR count). The van der Waals surface area contributed by atoms with Crippen molar-refractivity contribution in [1.29, 1.82) is 0 Å². The fourth-order valence-corrected chi connectivity index (χ4v) is 3.65. The van der Waals surface area contributed by atoms with Crippen molar-refractivity contribution in [2.75, 3.05) is 18.6 Å². The summed E-state index contributed by atoms with van der Waals surface area (Å²) in [7, 11) is 1.24. The van der Waals surface area contributed by atoms with Gasteiger partial charge in [-0.15, -0.1) is 0 Å². The Hall–Kier alpha value is -3.23. The highest BCUT2D eigenvalue weighted by Crippen LogP contribution is 2.39. The van der Waals surface area contributed by atoms with E-state index in [0.29, 0.717) is 17.5 Å². The molecule has 9 heteroatoms. The van der Waals surface area contributed by atoms with Crippen molar-refractivity contribution in [1.82, 2.24) is 9.97 Å². The largest absolute Gasteiger partial charge is 0.465 e. The van der Waals surface area contributed by atoms with Crippen LogP contribution in [0.15, 0.2) is 42.5 Å². The first-order valence-electron chi connectivity index (χ1n) is 9.27. The van der Waals surface area contributed by atoms with Crippen molar-refractivity contribution in [2.24, 2.45) is 0 Å². The summed E-state index contributed by atoms with van der Waals surface area (Å²) in [6, 6.07) is 8.15. The number of anilines is 1. The van der Waals surface area contributed by atoms with E-state index in [1.807, 2.05) is 0 Å². The van der Waals surface area contributed by atoms with Crippen molar-refractivity contribution in [3.05, 3.63) is 53.8 Å². The van der Waals surface area contributed by atoms with E-state index in [-0.39, 0.29) is 35.6 Å². The maximum absolute atomic E-state index is 13.6. The van der Waals surface area contributed by atoms with Gasteiger partial charge in [0.25, 0.3) is 0 Å². The van der Waals surface area contributed by atoms with Crippen LogP contribution in [0.25, 0.3) is 22.3 Å². The SMILES string of the molecule is COC(=O)c1ccc2nc(-c3ccc(F)cc3)c(N3CCCC3C(F)(F)F)nc2c1. The van der Waals surface area contributed by atoms with Gasteiger partial charge >= 0.3 is 12.1 Å². The van der Waals surface area contributed by atoms with E-state index in [0.717, 1.165) is 0 Å². The Morgan fingerprint density at radius 1 is 1.10 bits per heavy atom. The summed E-state index contributed by atoms with van der Waals surface area (Å²) in [5.41, 5.74) is 1.56. The van der Waals surface area contributed by atoms with Gasteiger partial charge in [0.1, 0.15) is 17.6 Å². The molecule has 1 aliphatic rings. The molecule has 0 radical (unpaired) electrons. The maximum atomic E-state index is 13.6. The number of esters is 1. The molecule has 1 aromatic heterocycles. The third kappa shape index (κ3) is 3.67. The van der Waals surface area contributed by atoms with Gasteiger partial charge in [-0.3, -0.25) is 0 Å². The molecule has 1 aliphatic heterocycles. The molecule has 1 fully saturated rings. The first-order chi connectivity index (χ1) is 14.3. The molecular weight excluding hydrogens is 402 g/mol. The van der Waals surface area contributed by atoms with Crippen LogP contribution in [0.4, 0.5) is 23.4 Å². The molecule has 0 spiro atoms. The van der Waals surface area contributed by atoms with Crippen molar-refractivity contribution in [3.8, 4) is 11.3 Å². The molecule has 5 nitrogen and oxygen atoms in total. The minimum Gasteiger partial charge on any atom is -0.465 e. The second-order valence-corrected chi connectivity index (χ2v) is 6.99. The second-order valence-electron chi connectivity index (χ2n) is 6.99. The van der Waals surface area contributed by atoms with E-state index in [2.05, 4.69) is 9.97 Å². The number of fused-ring (bicyclic) bond motifs is 1. The van der Waals surface area contributed by atoms with Gasteiger partial charge in [0, 0.05) is 12.1 Å². The lowest BCUT2D eigenvalue weighted by Crippen LogP contribution is -2.42. The van der Waals surface area contributed by atoms with Crippen LogP contribution in [0.1, 0.15) is 23.2 Å². The monoisotopic (exact) mass is 419 g/mol. The highest BCUT2D eigenvalue weighted by Gasteiger charge is 2.47. The highest BCUT2D eigenvalue weighted by atomic mass is 19.4. The van der Waals surface area contributed by atoms with Gasteiger partial charge in [-0.1, -0.05) is 0 Å². The first kappa shape index (κ1) is 20.1. The van der Waals surface area contributed by atoms with Crippen LogP contribution in [0, 0.1) is 5.82 Å². The molecule has 0 amide bonds. The Morgan fingerprint density at radius 3 is 2.50 bits per heavy atom. The highest BCUT2D eigenvalue weighted by molar-refractivity contribution is 5.94. The van der Waals surface area contributed by atoms with Gasteiger partial charge in [0.2, 0.25) is 0 Å². The van der Waals surface area contributed by atoms with Crippen LogP contribution in [-0.4, -0.2) is 41.8 Å². The Morgan fingerprint density at radius 2 is 1.83 bits per heavy atom. The average Bonchev–Trinajstić information content (AvgIpc) is 3.23. The molecule has 30 heavy (non-hydrogen) atoms. The zero-order chi connectivity index (χ0) is 21.5. The number of methoxy groups -OCH3 is 1. The van der Waals surface area contributed by atoms with Crippen LogP contribution in [0.3, 0.4) is 0 Å². The normalized spacial score (nSPS) is 16.8. The number of nitrogens with zero attached hydrogens (tertiary/aromatic N) is 3. The molecule has 2 heterocycles. The summed E-state index contributed by atoms with van der Waals surface area (Å²) in [5.74, 6) is -1.00. The number of rotatable bonds is 3. The zero-order valence-electron chi connectivity index (χ0n) is 15.9. The summed E-state index contributed by atoms with van der Waals surface area (Å²) in [4.78, 5) is 22.0. The molecule has 0 N–H and O–H groups in total. The van der Waals surface area contributed by atoms with Gasteiger partial charge in [0.15, 0.2) is 5.82 Å². The molecule has 1 unspecified atom stereocenters. The number of halogens is 4. The van der Waals surface area contributed by atoms with Crippen LogP contribution in [0.5, 0.6) is 0 Å². The minimum atomic E-state index is -4.43. The van der Waals surface area contributed by atoms with Crippen LogP contribution in [0.2, 0.25) is 0 Å². The Kier molecular flexibility index (Phi) is 5.05. The molecule has 156 valence electrons. The number of benzene rings is 2. The number of alkyl halides is 3. The molecular formula is C21H17F4N3O2. The third-order valence-electron chi connectivity index (χ3n) is 5.09. The predicted octanol–water partition coefficient (Wildman–Crippen LogP) is 4.75. The van der Waals surface area contributed by atoms with E-state index in [9.17, 15) is 22.4 Å². The molecule has 0 saturated carbocycles. The van der Waals surface area contributed by atoms with Crippen molar-refractivity contribution >= 4 is 22.8 Å². The predicted molar refractivity (Wildman–Crippen MR) is 103 cm³/mol. The second kappa shape index (κ2) is 7.55. The summed E-state index contributed by atoms with van der Waals surface area (Å²) < 4.78 is 58.9. The fourth-order valence-electron chi connectivity index (χ4n) is 3.65.